The van der Waals surface area contributed by atoms with E-state index in [1.807, 2.05) is 44.2 Å². The number of rotatable bonds is 3. The summed E-state index contributed by atoms with van der Waals surface area (Å²) >= 11 is 0. The van der Waals surface area contributed by atoms with Crippen molar-refractivity contribution in [2.24, 2.45) is 0 Å². The molecule has 0 unspecified atom stereocenters. The Morgan fingerprint density at radius 3 is 2.59 bits per heavy atom. The maximum atomic E-state index is 13.0. The van der Waals surface area contributed by atoms with Gasteiger partial charge in [0.2, 0.25) is 0 Å². The maximum absolute atomic E-state index is 13.0. The molecule has 1 amide bonds. The number of nitrogens with one attached hydrogen (secondary N) is 1. The van der Waals surface area contributed by atoms with Gasteiger partial charge in [-0.25, -0.2) is 4.98 Å². The Balaban J connectivity index is 1.86. The van der Waals surface area contributed by atoms with Crippen LogP contribution >= 0.6 is 0 Å². The summed E-state index contributed by atoms with van der Waals surface area (Å²) in [5.74, 6) is 0.793. The summed E-state index contributed by atoms with van der Waals surface area (Å²) in [7, 11) is 0. The summed E-state index contributed by atoms with van der Waals surface area (Å²) in [5.41, 5.74) is 5.38. The van der Waals surface area contributed by atoms with Crippen LogP contribution in [0, 0.1) is 20.8 Å². The molecule has 5 nitrogen and oxygen atoms in total. The number of carbonyl (C=O) groups excluding carboxylic acids is 1. The summed E-state index contributed by atoms with van der Waals surface area (Å²) in [4.78, 5) is 17.7. The van der Waals surface area contributed by atoms with Crippen molar-refractivity contribution in [3.8, 4) is 11.3 Å². The molecule has 0 spiro atoms. The van der Waals surface area contributed by atoms with Crippen molar-refractivity contribution in [2.75, 3.05) is 5.32 Å². The minimum Gasteiger partial charge on any atom is -0.360 e. The average Bonchev–Trinajstić information content (AvgIpc) is 3.07. The molecule has 0 aliphatic heterocycles. The lowest BCUT2D eigenvalue weighted by atomic mass is 9.99. The summed E-state index contributed by atoms with van der Waals surface area (Å²) in [6.45, 7) is 5.87. The van der Waals surface area contributed by atoms with Crippen molar-refractivity contribution in [3.05, 3.63) is 77.0 Å². The van der Waals surface area contributed by atoms with Crippen molar-refractivity contribution >= 4 is 22.6 Å². The highest BCUT2D eigenvalue weighted by molar-refractivity contribution is 6.12. The Labute approximate surface area is 157 Å². The van der Waals surface area contributed by atoms with Gasteiger partial charge < -0.3 is 9.84 Å². The molecular formula is C22H19N3O2. The third-order valence-corrected chi connectivity index (χ3v) is 4.50. The zero-order valence-electron chi connectivity index (χ0n) is 15.4. The predicted octanol–water partition coefficient (Wildman–Crippen LogP) is 5.07. The third-order valence-electron chi connectivity index (χ3n) is 4.50. The van der Waals surface area contributed by atoms with Gasteiger partial charge in [-0.05, 0) is 44.5 Å². The summed E-state index contributed by atoms with van der Waals surface area (Å²) in [6, 6.07) is 17.4. The number of benzene rings is 2. The molecule has 0 saturated carbocycles. The van der Waals surface area contributed by atoms with E-state index in [4.69, 9.17) is 9.51 Å². The van der Waals surface area contributed by atoms with E-state index in [0.717, 1.165) is 33.3 Å². The third kappa shape index (κ3) is 3.31. The molecule has 0 aliphatic carbocycles. The lowest BCUT2D eigenvalue weighted by Gasteiger charge is -2.11. The summed E-state index contributed by atoms with van der Waals surface area (Å²) < 4.78 is 5.03. The number of aromatic nitrogens is 2. The van der Waals surface area contributed by atoms with Crippen LogP contribution in [0.1, 0.15) is 27.2 Å². The largest absolute Gasteiger partial charge is 0.360 e. The van der Waals surface area contributed by atoms with Crippen molar-refractivity contribution in [1.82, 2.24) is 10.1 Å². The van der Waals surface area contributed by atoms with Crippen LogP contribution in [0.5, 0.6) is 0 Å². The quantitative estimate of drug-likeness (QED) is 0.556. The van der Waals surface area contributed by atoms with Gasteiger partial charge in [-0.2, -0.15) is 0 Å². The molecule has 0 saturated heterocycles. The maximum Gasteiger partial charge on any atom is 0.257 e. The molecular weight excluding hydrogens is 338 g/mol. The van der Waals surface area contributed by atoms with E-state index in [2.05, 4.69) is 28.7 Å². The molecule has 2 heterocycles. The lowest BCUT2D eigenvalue weighted by molar-refractivity contribution is 0.102. The van der Waals surface area contributed by atoms with Crippen molar-refractivity contribution in [2.45, 2.75) is 20.8 Å². The Hall–Kier alpha value is -3.47. The van der Waals surface area contributed by atoms with Gasteiger partial charge in [0.25, 0.3) is 5.91 Å². The topological polar surface area (TPSA) is 68.0 Å². The minimum atomic E-state index is -0.242. The Kier molecular flexibility index (Phi) is 4.20. The molecule has 4 rings (SSSR count). The van der Waals surface area contributed by atoms with Gasteiger partial charge in [-0.15, -0.1) is 0 Å². The van der Waals surface area contributed by atoms with E-state index in [0.29, 0.717) is 17.1 Å². The Morgan fingerprint density at radius 2 is 1.81 bits per heavy atom. The Morgan fingerprint density at radius 1 is 1.00 bits per heavy atom. The van der Waals surface area contributed by atoms with Crippen LogP contribution in [0.4, 0.5) is 5.82 Å². The molecule has 27 heavy (non-hydrogen) atoms. The molecule has 2 aromatic carbocycles. The Bertz CT molecular complexity index is 1160. The minimum absolute atomic E-state index is 0.242. The molecule has 0 fully saturated rings. The zero-order valence-corrected chi connectivity index (χ0v) is 15.4. The van der Waals surface area contributed by atoms with E-state index >= 15 is 0 Å². The van der Waals surface area contributed by atoms with E-state index in [-0.39, 0.29) is 5.91 Å². The fourth-order valence-electron chi connectivity index (χ4n) is 3.12. The van der Waals surface area contributed by atoms with E-state index in [1.54, 1.807) is 13.0 Å². The van der Waals surface area contributed by atoms with Gasteiger partial charge in [-0.1, -0.05) is 41.1 Å². The molecule has 0 bridgehead atoms. The molecule has 1 N–H and O–H groups in total. The fourth-order valence-corrected chi connectivity index (χ4v) is 3.12. The number of para-hydroxylation sites is 1. The predicted molar refractivity (Wildman–Crippen MR) is 106 cm³/mol. The molecule has 134 valence electrons. The van der Waals surface area contributed by atoms with Gasteiger partial charge in [0.05, 0.1) is 16.8 Å². The van der Waals surface area contributed by atoms with Crippen molar-refractivity contribution in [3.63, 3.8) is 0 Å². The van der Waals surface area contributed by atoms with Crippen LogP contribution in [-0.4, -0.2) is 16.0 Å². The van der Waals surface area contributed by atoms with E-state index < -0.39 is 0 Å². The standard InChI is InChI=1S/C22H19N3O2/c1-13-8-9-14(2)17(10-13)20-12-18(16-6-4-5-7-19(16)23-20)22(26)24-21-11-15(3)27-25-21/h4-12H,1-3H3,(H,24,25,26). The zero-order chi connectivity index (χ0) is 19.0. The van der Waals surface area contributed by atoms with Gasteiger partial charge >= 0.3 is 0 Å². The second-order valence-corrected chi connectivity index (χ2v) is 6.67. The monoisotopic (exact) mass is 357 g/mol. The summed E-state index contributed by atoms with van der Waals surface area (Å²) in [6.07, 6.45) is 0. The highest BCUT2D eigenvalue weighted by atomic mass is 16.5. The van der Waals surface area contributed by atoms with E-state index in [9.17, 15) is 4.79 Å². The second-order valence-electron chi connectivity index (χ2n) is 6.67. The van der Waals surface area contributed by atoms with Crippen LogP contribution in [-0.2, 0) is 0 Å². The number of amides is 1. The average molecular weight is 357 g/mol. The highest BCUT2D eigenvalue weighted by Crippen LogP contribution is 2.28. The first kappa shape index (κ1) is 17.0. The number of nitrogens with zero attached hydrogens (tertiary/aromatic N) is 2. The first-order valence-electron chi connectivity index (χ1n) is 8.73. The number of anilines is 1. The highest BCUT2D eigenvalue weighted by Gasteiger charge is 2.16. The van der Waals surface area contributed by atoms with Crippen LogP contribution in [0.3, 0.4) is 0 Å². The van der Waals surface area contributed by atoms with Gasteiger partial charge in [0.15, 0.2) is 5.82 Å². The molecule has 4 aromatic rings. The first-order chi connectivity index (χ1) is 13.0. The first-order valence-corrected chi connectivity index (χ1v) is 8.73. The lowest BCUT2D eigenvalue weighted by Crippen LogP contribution is -2.13. The normalized spacial score (nSPS) is 10.9. The summed E-state index contributed by atoms with van der Waals surface area (Å²) in [5, 5.41) is 7.44. The van der Waals surface area contributed by atoms with Gasteiger partial charge in [-0.3, -0.25) is 4.79 Å². The van der Waals surface area contributed by atoms with Crippen molar-refractivity contribution < 1.29 is 9.32 Å². The fraction of sp³-hybridized carbons (Fsp3) is 0.136. The second kappa shape index (κ2) is 6.68. The van der Waals surface area contributed by atoms with Gasteiger partial charge in [0.1, 0.15) is 5.76 Å². The van der Waals surface area contributed by atoms with Crippen LogP contribution in [0.25, 0.3) is 22.2 Å². The SMILES string of the molecule is Cc1ccc(C)c(-c2cc(C(=O)Nc3cc(C)on3)c3ccccc3n2)c1. The molecule has 5 heteroatoms. The molecule has 2 aromatic heterocycles. The smallest absolute Gasteiger partial charge is 0.257 e. The number of aryl methyl sites for hydroxylation is 3. The number of carbonyl (C=O) groups is 1. The number of hydrogen-bond acceptors (Lipinski definition) is 4. The van der Waals surface area contributed by atoms with Crippen LogP contribution in [0.2, 0.25) is 0 Å². The molecule has 0 radical (unpaired) electrons. The van der Waals surface area contributed by atoms with Crippen molar-refractivity contribution in [1.29, 1.82) is 0 Å². The van der Waals surface area contributed by atoms with E-state index in [1.165, 1.54) is 0 Å². The molecule has 0 atom stereocenters. The van der Waals surface area contributed by atoms with Gasteiger partial charge in [0, 0.05) is 17.0 Å². The number of fused-ring (bicyclic) bond motifs is 1. The van der Waals surface area contributed by atoms with Crippen LogP contribution in [0.15, 0.2) is 59.1 Å². The van der Waals surface area contributed by atoms with Crippen LogP contribution < -0.4 is 5.32 Å². The number of hydrogen-bond donors (Lipinski definition) is 1. The molecule has 0 aliphatic rings. The number of pyridine rings is 1.